The number of ether oxygens (including phenoxy) is 2. The Morgan fingerprint density at radius 2 is 2.04 bits per heavy atom. The topological polar surface area (TPSA) is 100 Å². The summed E-state index contributed by atoms with van der Waals surface area (Å²) >= 11 is 6.45. The lowest BCUT2D eigenvalue weighted by Crippen LogP contribution is -2.48. The molecule has 4 aliphatic rings. The molecule has 2 heterocycles. The maximum absolute atomic E-state index is 13.5. The van der Waals surface area contributed by atoms with Gasteiger partial charge in [-0.2, -0.15) is 0 Å². The van der Waals surface area contributed by atoms with Gasteiger partial charge in [-0.1, -0.05) is 37.9 Å². The molecule has 2 aliphatic carbocycles. The molecule has 1 amide bonds. The number of hydrogen-bond acceptors (Lipinski definition) is 7. The van der Waals surface area contributed by atoms with Crippen LogP contribution in [0.4, 0.5) is 5.69 Å². The molecule has 6 rings (SSSR count). The van der Waals surface area contributed by atoms with E-state index >= 15 is 0 Å². The van der Waals surface area contributed by atoms with Crippen LogP contribution in [0.5, 0.6) is 5.75 Å². The quantitative estimate of drug-likeness (QED) is 0.260. The number of carbonyl (C=O) groups excluding carboxylic acids is 1. The predicted molar refractivity (Wildman–Crippen MR) is 189 cm³/mol. The average molecular weight is 686 g/mol. The lowest BCUT2D eigenvalue weighted by molar-refractivity contribution is -0.0204. The molecule has 8 nitrogen and oxygen atoms in total. The third kappa shape index (κ3) is 7.70. The number of aliphatic hydroxyl groups excluding tert-OH is 1. The van der Waals surface area contributed by atoms with Crippen LogP contribution in [0, 0.1) is 17.8 Å². The number of nitrogens with one attached hydrogen (secondary N) is 2. The Bertz CT molecular complexity index is 1440. The first-order chi connectivity index (χ1) is 22.7. The number of anilines is 1. The zero-order valence-corrected chi connectivity index (χ0v) is 29.7. The van der Waals surface area contributed by atoms with E-state index in [1.807, 2.05) is 25.1 Å². The van der Waals surface area contributed by atoms with Gasteiger partial charge in [-0.05, 0) is 111 Å². The minimum absolute atomic E-state index is 0.125. The maximum atomic E-state index is 13.5. The van der Waals surface area contributed by atoms with Crippen molar-refractivity contribution < 1.29 is 23.6 Å². The molecule has 2 aromatic rings. The molecular formula is C37H52ClN3O5S. The van der Waals surface area contributed by atoms with Crippen LogP contribution in [0.15, 0.2) is 36.4 Å². The van der Waals surface area contributed by atoms with Gasteiger partial charge >= 0.3 is 0 Å². The van der Waals surface area contributed by atoms with E-state index in [2.05, 4.69) is 40.9 Å². The van der Waals surface area contributed by atoms with Crippen molar-refractivity contribution in [2.24, 2.45) is 17.8 Å². The summed E-state index contributed by atoms with van der Waals surface area (Å²) in [5.74, 6) is 1.76. The number of fused-ring (bicyclic) bond motifs is 3. The van der Waals surface area contributed by atoms with Crippen molar-refractivity contribution in [3.05, 3.63) is 58.1 Å². The molecule has 1 spiro atoms. The molecule has 0 aromatic heterocycles. The highest BCUT2D eigenvalue weighted by molar-refractivity contribution is 7.84. The normalized spacial score (nSPS) is 28.7. The van der Waals surface area contributed by atoms with Gasteiger partial charge in [-0.15, -0.1) is 0 Å². The van der Waals surface area contributed by atoms with Crippen molar-refractivity contribution in [2.75, 3.05) is 44.3 Å². The summed E-state index contributed by atoms with van der Waals surface area (Å²) in [5, 5.41) is 14.0. The molecule has 2 fully saturated rings. The van der Waals surface area contributed by atoms with Crippen molar-refractivity contribution in [2.45, 2.75) is 95.0 Å². The maximum Gasteiger partial charge on any atom is 0.263 e. The molecule has 258 valence electrons. The summed E-state index contributed by atoms with van der Waals surface area (Å²) in [6, 6.07) is 12.0. The number of carbonyl (C=O) groups is 1. The summed E-state index contributed by atoms with van der Waals surface area (Å²) in [7, 11) is -1.48. The van der Waals surface area contributed by atoms with Gasteiger partial charge < -0.3 is 24.8 Å². The number of halogens is 1. The number of hydrogen-bond donors (Lipinski definition) is 3. The van der Waals surface area contributed by atoms with E-state index in [4.69, 9.17) is 21.1 Å². The van der Waals surface area contributed by atoms with Crippen molar-refractivity contribution in [1.29, 1.82) is 0 Å². The van der Waals surface area contributed by atoms with Crippen LogP contribution < -0.4 is 19.7 Å². The molecule has 2 aliphatic heterocycles. The molecule has 0 bridgehead atoms. The molecule has 2 aromatic carbocycles. The number of β-amino-alcohol motifs (C(OH)–C–C–N with tert-alkyl or cyclic N) is 1. The Hall–Kier alpha value is -2.17. The van der Waals surface area contributed by atoms with Crippen molar-refractivity contribution in [3.8, 4) is 5.75 Å². The molecule has 8 atom stereocenters. The highest BCUT2D eigenvalue weighted by Gasteiger charge is 2.43. The lowest BCUT2D eigenvalue weighted by atomic mass is 9.69. The van der Waals surface area contributed by atoms with Crippen LogP contribution in [0.1, 0.15) is 87.2 Å². The number of amides is 1. The van der Waals surface area contributed by atoms with Crippen LogP contribution >= 0.6 is 11.6 Å². The number of aliphatic hydroxyl groups is 1. The minimum Gasteiger partial charge on any atom is -0.490 e. The number of nitrogens with zero attached hydrogens (tertiary/aromatic N) is 1. The fraction of sp³-hybridized carbons (Fsp3) is 0.649. The van der Waals surface area contributed by atoms with Crippen molar-refractivity contribution >= 4 is 34.2 Å². The van der Waals surface area contributed by atoms with Gasteiger partial charge in [0, 0.05) is 48.8 Å². The number of aryl methyl sites for hydroxylation is 1. The third-order valence-electron chi connectivity index (χ3n) is 11.4. The largest absolute Gasteiger partial charge is 0.490 e. The summed E-state index contributed by atoms with van der Waals surface area (Å²) in [4.78, 5) is 16.0. The SMILES string of the molecule is CCCC(C)C(C)S(=O)NC(=O)c1ccc2c(c1)N(CC1CCC1CCOC1CNCC1O)C[C@@]1(CCCc3cc(Cl)ccc31)CO2. The monoisotopic (exact) mass is 685 g/mol. The van der Waals surface area contributed by atoms with Crippen LogP contribution in [-0.2, 0) is 27.6 Å². The lowest BCUT2D eigenvalue weighted by Gasteiger charge is -2.44. The zero-order chi connectivity index (χ0) is 33.1. The number of rotatable bonds is 12. The van der Waals surface area contributed by atoms with Gasteiger partial charge in [0.2, 0.25) is 0 Å². The minimum atomic E-state index is -1.48. The Morgan fingerprint density at radius 3 is 2.79 bits per heavy atom. The predicted octanol–water partition coefficient (Wildman–Crippen LogP) is 5.80. The van der Waals surface area contributed by atoms with E-state index in [9.17, 15) is 14.1 Å². The van der Waals surface area contributed by atoms with Crippen LogP contribution in [0.2, 0.25) is 5.02 Å². The van der Waals surface area contributed by atoms with Gasteiger partial charge in [0.05, 0.1) is 29.8 Å². The van der Waals surface area contributed by atoms with E-state index < -0.39 is 17.1 Å². The molecular weight excluding hydrogens is 634 g/mol. The van der Waals surface area contributed by atoms with Crippen LogP contribution in [-0.4, -0.2) is 72.1 Å². The van der Waals surface area contributed by atoms with E-state index in [0.29, 0.717) is 43.7 Å². The van der Waals surface area contributed by atoms with Gasteiger partial charge in [-0.3, -0.25) is 9.52 Å². The Balaban J connectivity index is 1.23. The first kappa shape index (κ1) is 34.7. The van der Waals surface area contributed by atoms with Gasteiger partial charge in [0.15, 0.2) is 0 Å². The Kier molecular flexibility index (Phi) is 11.2. The summed E-state index contributed by atoms with van der Waals surface area (Å²) in [5.41, 5.74) is 3.84. The summed E-state index contributed by atoms with van der Waals surface area (Å²) in [6.07, 6.45) is 7.83. The van der Waals surface area contributed by atoms with E-state index in [1.54, 1.807) is 6.07 Å². The second kappa shape index (κ2) is 15.2. The van der Waals surface area contributed by atoms with Crippen LogP contribution in [0.25, 0.3) is 0 Å². The van der Waals surface area contributed by atoms with E-state index in [-0.39, 0.29) is 28.6 Å². The van der Waals surface area contributed by atoms with E-state index in [1.165, 1.54) is 17.5 Å². The molecule has 3 N–H and O–H groups in total. The highest BCUT2D eigenvalue weighted by atomic mass is 35.5. The summed E-state index contributed by atoms with van der Waals surface area (Å²) in [6.45, 7) is 10.3. The summed E-state index contributed by atoms with van der Waals surface area (Å²) < 4.78 is 28.6. The highest BCUT2D eigenvalue weighted by Crippen LogP contribution is 2.46. The molecule has 1 saturated heterocycles. The fourth-order valence-electron chi connectivity index (χ4n) is 8.12. The average Bonchev–Trinajstić information content (AvgIpc) is 3.39. The Labute approximate surface area is 287 Å². The van der Waals surface area contributed by atoms with Crippen molar-refractivity contribution in [3.63, 3.8) is 0 Å². The fourth-order valence-corrected chi connectivity index (χ4v) is 9.36. The second-order valence-corrected chi connectivity index (χ2v) is 16.5. The molecule has 7 unspecified atom stereocenters. The van der Waals surface area contributed by atoms with Crippen LogP contribution in [0.3, 0.4) is 0 Å². The first-order valence-electron chi connectivity index (χ1n) is 17.7. The molecule has 10 heteroatoms. The molecule has 0 radical (unpaired) electrons. The molecule has 1 saturated carbocycles. The van der Waals surface area contributed by atoms with Gasteiger partial charge in [-0.25, -0.2) is 4.21 Å². The smallest absolute Gasteiger partial charge is 0.263 e. The van der Waals surface area contributed by atoms with Gasteiger partial charge in [0.25, 0.3) is 5.91 Å². The first-order valence-corrected chi connectivity index (χ1v) is 19.3. The molecule has 47 heavy (non-hydrogen) atoms. The number of benzene rings is 2. The zero-order valence-electron chi connectivity index (χ0n) is 28.1. The van der Waals surface area contributed by atoms with Gasteiger partial charge in [0.1, 0.15) is 16.7 Å². The second-order valence-electron chi connectivity index (χ2n) is 14.5. The standard InChI is InChI=1S/C37H52ClN3O5S/c1-4-6-24(2)25(3)47(44)40-36(43)28-10-13-34-32(18-28)41(21-29-9-8-26(29)14-16-45-35-20-39-19-33(35)42)22-37(23-46-34)15-5-7-27-17-30(38)11-12-31(27)37/h10-13,17-18,24-26,29,33,35,39,42H,4-9,14-16,19-23H2,1-3H3,(H,40,43)/t24?,25?,26?,29?,33?,35?,37-,47?/m0/s1. The Morgan fingerprint density at radius 1 is 1.21 bits per heavy atom. The van der Waals surface area contributed by atoms with Crippen molar-refractivity contribution in [1.82, 2.24) is 10.0 Å². The van der Waals surface area contributed by atoms with E-state index in [0.717, 1.165) is 74.5 Å². The third-order valence-corrected chi connectivity index (χ3v) is 13.1.